The monoisotopic (exact) mass is 388 g/mol. The van der Waals surface area contributed by atoms with E-state index in [9.17, 15) is 19.5 Å². The number of nitrogens with zero attached hydrogens (tertiary/aromatic N) is 2. The molecule has 2 saturated heterocycles. The van der Waals surface area contributed by atoms with Crippen LogP contribution in [0.4, 0.5) is 5.69 Å². The zero-order chi connectivity index (χ0) is 19.8. The predicted octanol–water partition coefficient (Wildman–Crippen LogP) is 1.38. The second-order valence-corrected chi connectivity index (χ2v) is 7.85. The Kier molecular flexibility index (Phi) is 4.87. The van der Waals surface area contributed by atoms with E-state index in [1.54, 1.807) is 28.0 Å². The number of benzene rings is 1. The zero-order valence-corrected chi connectivity index (χ0v) is 15.8. The van der Waals surface area contributed by atoms with Crippen LogP contribution in [0.2, 0.25) is 0 Å². The van der Waals surface area contributed by atoms with Gasteiger partial charge >= 0.3 is 5.97 Å². The molecule has 3 aliphatic heterocycles. The summed E-state index contributed by atoms with van der Waals surface area (Å²) in [4.78, 5) is 40.1. The van der Waals surface area contributed by atoms with Gasteiger partial charge in [-0.1, -0.05) is 6.92 Å². The first-order valence-electron chi connectivity index (χ1n) is 9.64. The summed E-state index contributed by atoms with van der Waals surface area (Å²) in [5.41, 5.74) is 0.681. The van der Waals surface area contributed by atoms with Crippen LogP contribution < -0.4 is 14.4 Å². The first kappa shape index (κ1) is 18.6. The fourth-order valence-electron chi connectivity index (χ4n) is 4.29. The molecule has 0 aromatic heterocycles. The van der Waals surface area contributed by atoms with E-state index >= 15 is 0 Å². The van der Waals surface area contributed by atoms with E-state index < -0.39 is 17.8 Å². The second kappa shape index (κ2) is 7.33. The highest BCUT2D eigenvalue weighted by Gasteiger charge is 2.40. The Labute approximate surface area is 163 Å². The fourth-order valence-corrected chi connectivity index (χ4v) is 4.29. The number of amides is 2. The quantitative estimate of drug-likeness (QED) is 0.840. The molecular weight excluding hydrogens is 364 g/mol. The molecule has 150 valence electrons. The van der Waals surface area contributed by atoms with Crippen molar-refractivity contribution in [2.45, 2.75) is 19.8 Å². The molecular formula is C20H24N2O6. The minimum Gasteiger partial charge on any atom is -0.486 e. The number of rotatable bonds is 3. The molecule has 3 unspecified atom stereocenters. The number of carboxylic acid groups (broad SMARTS) is 1. The van der Waals surface area contributed by atoms with Crippen LogP contribution in [0, 0.1) is 17.8 Å². The molecule has 1 aromatic carbocycles. The number of ether oxygens (including phenoxy) is 2. The van der Waals surface area contributed by atoms with Crippen LogP contribution in [-0.2, 0) is 14.4 Å². The van der Waals surface area contributed by atoms with Gasteiger partial charge in [-0.05, 0) is 24.5 Å². The van der Waals surface area contributed by atoms with Gasteiger partial charge in [0, 0.05) is 37.8 Å². The number of aliphatic carboxylic acids is 1. The lowest BCUT2D eigenvalue weighted by Gasteiger charge is -2.36. The number of hydrogen-bond acceptors (Lipinski definition) is 5. The molecule has 1 N–H and O–H groups in total. The van der Waals surface area contributed by atoms with Gasteiger partial charge in [-0.25, -0.2) is 0 Å². The first-order chi connectivity index (χ1) is 13.4. The molecule has 1 aromatic rings. The molecule has 4 rings (SSSR count). The zero-order valence-electron chi connectivity index (χ0n) is 15.8. The number of anilines is 1. The van der Waals surface area contributed by atoms with Crippen molar-refractivity contribution in [1.29, 1.82) is 0 Å². The average Bonchev–Trinajstić information content (AvgIpc) is 3.08. The summed E-state index contributed by atoms with van der Waals surface area (Å²) in [6, 6.07) is 5.33. The van der Waals surface area contributed by atoms with Crippen molar-refractivity contribution < 1.29 is 29.0 Å². The third-order valence-corrected chi connectivity index (χ3v) is 5.63. The van der Waals surface area contributed by atoms with Gasteiger partial charge in [-0.3, -0.25) is 14.4 Å². The van der Waals surface area contributed by atoms with Crippen LogP contribution in [0.5, 0.6) is 11.5 Å². The van der Waals surface area contributed by atoms with Crippen molar-refractivity contribution >= 4 is 23.5 Å². The number of carbonyl (C=O) groups excluding carboxylic acids is 2. The van der Waals surface area contributed by atoms with E-state index in [0.717, 1.165) is 0 Å². The highest BCUT2D eigenvalue weighted by Crippen LogP contribution is 2.36. The summed E-state index contributed by atoms with van der Waals surface area (Å²) in [6.45, 7) is 3.96. The van der Waals surface area contributed by atoms with Gasteiger partial charge in [0.25, 0.3) is 0 Å². The predicted molar refractivity (Wildman–Crippen MR) is 99.4 cm³/mol. The number of piperidine rings is 1. The molecule has 0 saturated carbocycles. The molecule has 2 fully saturated rings. The normalized spacial score (nSPS) is 27.0. The summed E-state index contributed by atoms with van der Waals surface area (Å²) in [6.07, 6.45) is 0.710. The van der Waals surface area contributed by atoms with Gasteiger partial charge in [-0.2, -0.15) is 0 Å². The lowest BCUT2D eigenvalue weighted by atomic mass is 9.89. The molecule has 8 nitrogen and oxygen atoms in total. The standard InChI is InChI=1S/C20H24N2O6/c1-12-6-14(20(25)26)10-21(9-12)19(24)13-7-18(23)22(11-13)15-2-3-16-17(8-15)28-5-4-27-16/h2-3,8,12-14H,4-7,9-11H2,1H3,(H,25,26). The highest BCUT2D eigenvalue weighted by atomic mass is 16.6. The third kappa shape index (κ3) is 3.50. The molecule has 28 heavy (non-hydrogen) atoms. The van der Waals surface area contributed by atoms with Crippen molar-refractivity contribution in [3.63, 3.8) is 0 Å². The molecule has 3 aliphatic rings. The van der Waals surface area contributed by atoms with Crippen molar-refractivity contribution in [3.05, 3.63) is 18.2 Å². The van der Waals surface area contributed by atoms with E-state index in [4.69, 9.17) is 9.47 Å². The van der Waals surface area contributed by atoms with Gasteiger partial charge in [0.15, 0.2) is 11.5 Å². The summed E-state index contributed by atoms with van der Waals surface area (Å²) < 4.78 is 11.1. The van der Waals surface area contributed by atoms with Gasteiger partial charge in [0.05, 0.1) is 11.8 Å². The number of hydrogen-bond donors (Lipinski definition) is 1. The maximum Gasteiger partial charge on any atom is 0.308 e. The van der Waals surface area contributed by atoms with Crippen molar-refractivity contribution in [3.8, 4) is 11.5 Å². The maximum absolute atomic E-state index is 13.0. The maximum atomic E-state index is 13.0. The Morgan fingerprint density at radius 3 is 2.57 bits per heavy atom. The minimum atomic E-state index is -0.871. The van der Waals surface area contributed by atoms with Crippen LogP contribution in [-0.4, -0.2) is 60.6 Å². The molecule has 0 bridgehead atoms. The van der Waals surface area contributed by atoms with Crippen LogP contribution >= 0.6 is 0 Å². The molecule has 8 heteroatoms. The van der Waals surface area contributed by atoms with E-state index in [1.807, 2.05) is 6.92 Å². The van der Waals surface area contributed by atoms with Gasteiger partial charge in [0.1, 0.15) is 13.2 Å². The fraction of sp³-hybridized carbons (Fsp3) is 0.550. The smallest absolute Gasteiger partial charge is 0.308 e. The molecule has 0 radical (unpaired) electrons. The average molecular weight is 388 g/mol. The molecule has 0 aliphatic carbocycles. The van der Waals surface area contributed by atoms with Crippen LogP contribution in [0.15, 0.2) is 18.2 Å². The molecule has 2 amide bonds. The molecule has 0 spiro atoms. The summed E-state index contributed by atoms with van der Waals surface area (Å²) >= 11 is 0. The van der Waals surface area contributed by atoms with Gasteiger partial charge in [0.2, 0.25) is 11.8 Å². The first-order valence-corrected chi connectivity index (χ1v) is 9.64. The third-order valence-electron chi connectivity index (χ3n) is 5.63. The Balaban J connectivity index is 1.47. The van der Waals surface area contributed by atoms with Crippen LogP contribution in [0.1, 0.15) is 19.8 Å². The minimum absolute atomic E-state index is 0.116. The Morgan fingerprint density at radius 1 is 1.07 bits per heavy atom. The van der Waals surface area contributed by atoms with E-state index in [1.165, 1.54) is 0 Å². The van der Waals surface area contributed by atoms with Crippen molar-refractivity contribution in [1.82, 2.24) is 4.90 Å². The molecule has 3 heterocycles. The largest absolute Gasteiger partial charge is 0.486 e. The topological polar surface area (TPSA) is 96.4 Å². The SMILES string of the molecule is CC1CC(C(=O)O)CN(C(=O)C2CC(=O)N(c3ccc4c(c3)OCCO4)C2)C1. The number of carbonyl (C=O) groups is 3. The lowest BCUT2D eigenvalue weighted by molar-refractivity contribution is -0.148. The van der Waals surface area contributed by atoms with Gasteiger partial charge in [-0.15, -0.1) is 0 Å². The van der Waals surface area contributed by atoms with E-state index in [-0.39, 0.29) is 30.7 Å². The molecule has 3 atom stereocenters. The summed E-state index contributed by atoms with van der Waals surface area (Å²) in [7, 11) is 0. The Bertz CT molecular complexity index is 810. The lowest BCUT2D eigenvalue weighted by Crippen LogP contribution is -2.48. The Hall–Kier alpha value is -2.77. The van der Waals surface area contributed by atoms with Crippen molar-refractivity contribution in [2.75, 3.05) is 37.7 Å². The van der Waals surface area contributed by atoms with E-state index in [0.29, 0.717) is 49.9 Å². The second-order valence-electron chi connectivity index (χ2n) is 7.85. The number of carboxylic acids is 1. The summed E-state index contributed by atoms with van der Waals surface area (Å²) in [5.74, 6) is -0.744. The number of likely N-dealkylation sites (tertiary alicyclic amines) is 1. The van der Waals surface area contributed by atoms with Crippen molar-refractivity contribution in [2.24, 2.45) is 17.8 Å². The summed E-state index contributed by atoms with van der Waals surface area (Å²) in [5, 5.41) is 9.33. The number of fused-ring (bicyclic) bond motifs is 1. The Morgan fingerprint density at radius 2 is 1.82 bits per heavy atom. The van der Waals surface area contributed by atoms with Crippen LogP contribution in [0.25, 0.3) is 0 Å². The van der Waals surface area contributed by atoms with Crippen LogP contribution in [0.3, 0.4) is 0 Å². The highest BCUT2D eigenvalue weighted by molar-refractivity contribution is 6.00. The van der Waals surface area contributed by atoms with E-state index in [2.05, 4.69) is 0 Å². The van der Waals surface area contributed by atoms with Gasteiger partial charge < -0.3 is 24.4 Å².